The van der Waals surface area contributed by atoms with Gasteiger partial charge in [0.1, 0.15) is 12.4 Å². The highest BCUT2D eigenvalue weighted by Gasteiger charge is 2.59. The molecule has 2 aromatic carbocycles. The van der Waals surface area contributed by atoms with Crippen LogP contribution in [0.3, 0.4) is 0 Å². The van der Waals surface area contributed by atoms with Gasteiger partial charge in [-0.2, -0.15) is 5.10 Å². The quantitative estimate of drug-likeness (QED) is 0.392. The van der Waals surface area contributed by atoms with Crippen LogP contribution in [0.1, 0.15) is 30.4 Å². The summed E-state index contributed by atoms with van der Waals surface area (Å²) in [4.78, 5) is 40.2. The van der Waals surface area contributed by atoms with Crippen LogP contribution in [-0.4, -0.2) is 58.0 Å². The van der Waals surface area contributed by atoms with Crippen molar-refractivity contribution in [2.75, 3.05) is 7.11 Å². The maximum absolute atomic E-state index is 13.5. The first-order valence-corrected chi connectivity index (χ1v) is 12.7. The third-order valence-corrected chi connectivity index (χ3v) is 7.87. The summed E-state index contributed by atoms with van der Waals surface area (Å²) in [5.41, 5.74) is 4.47. The predicted molar refractivity (Wildman–Crippen MR) is 136 cm³/mol. The van der Waals surface area contributed by atoms with E-state index in [2.05, 4.69) is 10.5 Å². The number of aliphatic hydroxyl groups excluding tert-OH is 2. The van der Waals surface area contributed by atoms with Crippen molar-refractivity contribution in [1.82, 2.24) is 10.3 Å². The van der Waals surface area contributed by atoms with E-state index in [4.69, 9.17) is 9.47 Å². The smallest absolute Gasteiger partial charge is 0.428 e. The first-order chi connectivity index (χ1) is 18.4. The molecule has 3 N–H and O–H groups in total. The van der Waals surface area contributed by atoms with E-state index in [1.165, 1.54) is 4.90 Å². The zero-order valence-corrected chi connectivity index (χ0v) is 21.0. The lowest BCUT2D eigenvalue weighted by Gasteiger charge is -2.45. The van der Waals surface area contributed by atoms with Crippen molar-refractivity contribution in [3.63, 3.8) is 0 Å². The number of nitrogens with one attached hydrogen (secondary N) is 1. The van der Waals surface area contributed by atoms with Gasteiger partial charge in [-0.15, -0.1) is 0 Å². The molecule has 10 heteroatoms. The lowest BCUT2D eigenvalue weighted by Crippen LogP contribution is -2.55. The first kappa shape index (κ1) is 25.9. The van der Waals surface area contributed by atoms with E-state index in [9.17, 15) is 24.6 Å². The number of benzene rings is 2. The molecule has 1 saturated heterocycles. The van der Waals surface area contributed by atoms with Gasteiger partial charge in [0, 0.05) is 24.0 Å². The monoisotopic (exact) mass is 521 g/mol. The Hall–Kier alpha value is -3.76. The molecule has 38 heavy (non-hydrogen) atoms. The average Bonchev–Trinajstić information content (AvgIpc) is 3.18. The van der Waals surface area contributed by atoms with Crippen LogP contribution in [0.4, 0.5) is 4.79 Å². The van der Waals surface area contributed by atoms with Crippen molar-refractivity contribution in [2.24, 2.45) is 28.8 Å². The summed E-state index contributed by atoms with van der Waals surface area (Å²) in [5, 5.41) is 25.8. The lowest BCUT2D eigenvalue weighted by molar-refractivity contribution is -0.142. The number of hydrogen-bond acceptors (Lipinski definition) is 8. The van der Waals surface area contributed by atoms with Crippen molar-refractivity contribution in [2.45, 2.75) is 44.6 Å². The van der Waals surface area contributed by atoms with Gasteiger partial charge in [-0.05, 0) is 36.1 Å². The Bertz CT molecular complexity index is 1220. The van der Waals surface area contributed by atoms with Gasteiger partial charge in [0.2, 0.25) is 11.8 Å². The number of ether oxygens (including phenoxy) is 2. The zero-order valence-electron chi connectivity index (χ0n) is 21.0. The predicted octanol–water partition coefficient (Wildman–Crippen LogP) is 2.23. The van der Waals surface area contributed by atoms with Crippen LogP contribution in [0.2, 0.25) is 0 Å². The number of carbonyl (C=O) groups excluding carboxylic acids is 3. The molecule has 2 aliphatic carbocycles. The highest BCUT2D eigenvalue weighted by Crippen LogP contribution is 2.49. The molecule has 10 nitrogen and oxygen atoms in total. The molecular formula is C28H31N3O7. The van der Waals surface area contributed by atoms with Gasteiger partial charge in [0.15, 0.2) is 0 Å². The SMILES string of the molecule is COc1ccc(COC(=O)NN=C2C[C@@H](O)[C@@H](O)[C@@H]3[C@@H]4C(=O)N(Cc5ccccc5)C(=O)[C@@H]4CC[C@H]23)cc1. The lowest BCUT2D eigenvalue weighted by atomic mass is 9.60. The largest absolute Gasteiger partial charge is 0.497 e. The summed E-state index contributed by atoms with van der Waals surface area (Å²) in [6.07, 6.45) is -2.09. The number of methoxy groups -OCH3 is 1. The number of rotatable bonds is 6. The summed E-state index contributed by atoms with van der Waals surface area (Å²) in [5.74, 6) is -2.21. The van der Waals surface area contributed by atoms with Gasteiger partial charge < -0.3 is 19.7 Å². The third kappa shape index (κ3) is 5.01. The average molecular weight is 522 g/mol. The third-order valence-electron chi connectivity index (χ3n) is 7.87. The number of amides is 3. The van der Waals surface area contributed by atoms with Crippen LogP contribution in [-0.2, 0) is 27.5 Å². The number of fused-ring (bicyclic) bond motifs is 3. The standard InChI is InChI=1S/C28H31N3O7/c1-37-18-9-7-17(8-10-18)15-38-28(36)30-29-21-13-22(32)25(33)23-19(21)11-12-20-24(23)27(35)31(26(20)34)14-16-5-3-2-4-6-16/h2-10,19-20,22-25,32-33H,11-15H2,1H3,(H,30,36)/t19-,20-,22-,23+,24-,25-/m1/s1. The van der Waals surface area contributed by atoms with Gasteiger partial charge in [-0.25, -0.2) is 10.2 Å². The van der Waals surface area contributed by atoms with Gasteiger partial charge in [-0.1, -0.05) is 42.5 Å². The van der Waals surface area contributed by atoms with Gasteiger partial charge in [-0.3, -0.25) is 14.5 Å². The number of likely N-dealkylation sites (tertiary alicyclic amines) is 1. The molecule has 2 saturated carbocycles. The number of hydrazone groups is 1. The topological polar surface area (TPSA) is 138 Å². The summed E-state index contributed by atoms with van der Waals surface area (Å²) < 4.78 is 10.3. The van der Waals surface area contributed by atoms with Crippen molar-refractivity contribution in [3.05, 3.63) is 65.7 Å². The van der Waals surface area contributed by atoms with Crippen LogP contribution in [0.25, 0.3) is 0 Å². The molecule has 0 aromatic heterocycles. The van der Waals surface area contributed by atoms with Crippen molar-refractivity contribution >= 4 is 23.6 Å². The van der Waals surface area contributed by atoms with Gasteiger partial charge in [0.05, 0.1) is 37.7 Å². The Morgan fingerprint density at radius 2 is 1.71 bits per heavy atom. The molecule has 0 unspecified atom stereocenters. The number of imide groups is 1. The summed E-state index contributed by atoms with van der Waals surface area (Å²) in [7, 11) is 1.57. The first-order valence-electron chi connectivity index (χ1n) is 12.7. The van der Waals surface area contributed by atoms with E-state index >= 15 is 0 Å². The number of aliphatic hydroxyl groups is 2. The fourth-order valence-electron chi connectivity index (χ4n) is 6.01. The fourth-order valence-corrected chi connectivity index (χ4v) is 6.01. The molecule has 1 heterocycles. The van der Waals surface area contributed by atoms with E-state index in [0.717, 1.165) is 11.1 Å². The van der Waals surface area contributed by atoms with Crippen LogP contribution >= 0.6 is 0 Å². The van der Waals surface area contributed by atoms with E-state index < -0.39 is 36.1 Å². The molecule has 2 aromatic rings. The minimum Gasteiger partial charge on any atom is -0.497 e. The Labute approximate surface area is 220 Å². The minimum atomic E-state index is -1.18. The highest BCUT2D eigenvalue weighted by molar-refractivity contribution is 6.06. The van der Waals surface area contributed by atoms with E-state index in [-0.39, 0.29) is 37.3 Å². The second-order valence-corrected chi connectivity index (χ2v) is 10.0. The zero-order chi connectivity index (χ0) is 26.8. The van der Waals surface area contributed by atoms with Crippen molar-refractivity contribution < 1.29 is 34.1 Å². The molecule has 0 radical (unpaired) electrons. The number of nitrogens with zero attached hydrogens (tertiary/aromatic N) is 2. The number of carbonyl (C=O) groups is 3. The van der Waals surface area contributed by atoms with E-state index in [1.807, 2.05) is 30.3 Å². The Balaban J connectivity index is 1.28. The minimum absolute atomic E-state index is 0.0334. The molecule has 1 aliphatic heterocycles. The van der Waals surface area contributed by atoms with Gasteiger partial charge in [0.25, 0.3) is 0 Å². The molecule has 6 atom stereocenters. The molecule has 0 bridgehead atoms. The normalized spacial score (nSPS) is 29.6. The molecule has 0 spiro atoms. The van der Waals surface area contributed by atoms with Crippen LogP contribution in [0.5, 0.6) is 5.75 Å². The molecule has 3 fully saturated rings. The Kier molecular flexibility index (Phi) is 7.44. The molecule has 5 rings (SSSR count). The second kappa shape index (κ2) is 10.9. The molecular weight excluding hydrogens is 490 g/mol. The van der Waals surface area contributed by atoms with Gasteiger partial charge >= 0.3 is 6.09 Å². The number of hydrogen-bond donors (Lipinski definition) is 3. The van der Waals surface area contributed by atoms with Crippen LogP contribution in [0.15, 0.2) is 59.7 Å². The maximum Gasteiger partial charge on any atom is 0.428 e. The van der Waals surface area contributed by atoms with E-state index in [0.29, 0.717) is 24.3 Å². The van der Waals surface area contributed by atoms with Crippen molar-refractivity contribution in [3.8, 4) is 5.75 Å². The highest BCUT2D eigenvalue weighted by atomic mass is 16.6. The summed E-state index contributed by atoms with van der Waals surface area (Å²) in [6, 6.07) is 16.4. The fraction of sp³-hybridized carbons (Fsp3) is 0.429. The Morgan fingerprint density at radius 3 is 2.42 bits per heavy atom. The van der Waals surface area contributed by atoms with Crippen LogP contribution < -0.4 is 10.2 Å². The van der Waals surface area contributed by atoms with E-state index in [1.54, 1.807) is 31.4 Å². The second-order valence-electron chi connectivity index (χ2n) is 10.0. The van der Waals surface area contributed by atoms with Crippen molar-refractivity contribution in [1.29, 1.82) is 0 Å². The summed E-state index contributed by atoms with van der Waals surface area (Å²) in [6.45, 7) is 0.204. The molecule has 200 valence electrons. The summed E-state index contributed by atoms with van der Waals surface area (Å²) >= 11 is 0. The van der Waals surface area contributed by atoms with Crippen LogP contribution in [0, 0.1) is 23.7 Å². The molecule has 3 amide bonds. The Morgan fingerprint density at radius 1 is 1.00 bits per heavy atom. The maximum atomic E-state index is 13.5. The molecule has 3 aliphatic rings.